The summed E-state index contributed by atoms with van der Waals surface area (Å²) in [4.78, 5) is 0. The van der Waals surface area contributed by atoms with E-state index in [1.54, 1.807) is 12.1 Å². The highest BCUT2D eigenvalue weighted by Crippen LogP contribution is 2.06. The summed E-state index contributed by atoms with van der Waals surface area (Å²) < 4.78 is 11.8. The summed E-state index contributed by atoms with van der Waals surface area (Å²) in [6.07, 6.45) is 3.64. The molecule has 0 unspecified atom stereocenters. The van der Waals surface area contributed by atoms with Crippen LogP contribution in [0.25, 0.3) is 0 Å². The van der Waals surface area contributed by atoms with Crippen LogP contribution in [0.2, 0.25) is 0 Å². The quantitative estimate of drug-likeness (QED) is 0.707. The van der Waals surface area contributed by atoms with E-state index in [0.29, 0.717) is 5.56 Å². The minimum absolute atomic E-state index is 0.655. The predicted octanol–water partition coefficient (Wildman–Crippen LogP) is 4.32. The molecule has 1 heteroatoms. The Bertz CT molecular complexity index is 671. The normalized spacial score (nSPS) is 9.10. The lowest BCUT2D eigenvalue weighted by Gasteiger charge is -1.97. The standard InChI is InChI=1S/C19H15F/c1-2-3-16-4-6-17(7-5-16)8-9-18-10-12-19(13-11-18)14-15-20/h4-7,10-13H,2-3H2,1H3. The van der Waals surface area contributed by atoms with E-state index < -0.39 is 0 Å². The van der Waals surface area contributed by atoms with Gasteiger partial charge in [-0.25, -0.2) is 0 Å². The molecule has 0 N–H and O–H groups in total. The predicted molar refractivity (Wildman–Crippen MR) is 80.8 cm³/mol. The highest BCUT2D eigenvalue weighted by atomic mass is 19.1. The zero-order chi connectivity index (χ0) is 14.2. The molecule has 2 rings (SSSR count). The molecule has 0 radical (unpaired) electrons. The Kier molecular flexibility index (Phi) is 4.99. The maximum Gasteiger partial charge on any atom is 0.111 e. The SMILES string of the molecule is CCCc1ccc(C#Cc2ccc(C#CF)cc2)cc1. The van der Waals surface area contributed by atoms with Gasteiger partial charge in [-0.05, 0) is 54.3 Å². The van der Waals surface area contributed by atoms with Crippen molar-refractivity contribution >= 4 is 0 Å². The van der Waals surface area contributed by atoms with Gasteiger partial charge in [-0.15, -0.1) is 4.39 Å². The maximum absolute atomic E-state index is 11.8. The number of hydrogen-bond donors (Lipinski definition) is 0. The van der Waals surface area contributed by atoms with Gasteiger partial charge < -0.3 is 0 Å². The molecule has 0 fully saturated rings. The lowest BCUT2D eigenvalue weighted by molar-refractivity contribution is 0.774. The molecule has 0 aliphatic carbocycles. The molecule has 0 saturated carbocycles. The fraction of sp³-hybridized carbons (Fsp3) is 0.158. The fourth-order valence-electron chi connectivity index (χ4n) is 1.88. The molecule has 0 saturated heterocycles. The van der Waals surface area contributed by atoms with Crippen LogP contribution >= 0.6 is 0 Å². The molecule has 0 amide bonds. The van der Waals surface area contributed by atoms with Crippen LogP contribution < -0.4 is 0 Å². The van der Waals surface area contributed by atoms with Gasteiger partial charge in [0.1, 0.15) is 6.17 Å². The van der Waals surface area contributed by atoms with Gasteiger partial charge in [0.2, 0.25) is 0 Å². The number of hydrogen-bond acceptors (Lipinski definition) is 0. The van der Waals surface area contributed by atoms with Crippen molar-refractivity contribution in [2.45, 2.75) is 19.8 Å². The van der Waals surface area contributed by atoms with Crippen molar-refractivity contribution in [3.63, 3.8) is 0 Å². The van der Waals surface area contributed by atoms with Gasteiger partial charge in [-0.2, -0.15) is 0 Å². The number of benzene rings is 2. The van der Waals surface area contributed by atoms with Gasteiger partial charge in [0.15, 0.2) is 0 Å². The van der Waals surface area contributed by atoms with Crippen LogP contribution in [-0.2, 0) is 6.42 Å². The first-order valence-corrected chi connectivity index (χ1v) is 6.64. The monoisotopic (exact) mass is 262 g/mol. The first kappa shape index (κ1) is 13.9. The molecule has 0 aliphatic rings. The molecular formula is C19H15F. The Labute approximate surface area is 119 Å². The zero-order valence-corrected chi connectivity index (χ0v) is 11.4. The van der Waals surface area contributed by atoms with Crippen LogP contribution in [0.3, 0.4) is 0 Å². The third kappa shape index (κ3) is 4.01. The number of aryl methyl sites for hydroxylation is 1. The molecule has 0 nitrogen and oxygen atoms in total. The van der Waals surface area contributed by atoms with Crippen molar-refractivity contribution in [2.24, 2.45) is 0 Å². The first-order chi connectivity index (χ1) is 9.81. The van der Waals surface area contributed by atoms with Gasteiger partial charge in [0.25, 0.3) is 0 Å². The van der Waals surface area contributed by atoms with Gasteiger partial charge in [0, 0.05) is 16.7 Å². The van der Waals surface area contributed by atoms with E-state index in [4.69, 9.17) is 0 Å². The van der Waals surface area contributed by atoms with Crippen LogP contribution in [0, 0.1) is 23.9 Å². The number of rotatable bonds is 2. The Morgan fingerprint density at radius 2 is 1.20 bits per heavy atom. The molecule has 2 aromatic rings. The van der Waals surface area contributed by atoms with Crippen molar-refractivity contribution in [3.8, 4) is 23.9 Å². The van der Waals surface area contributed by atoms with Crippen LogP contribution in [0.15, 0.2) is 48.5 Å². The van der Waals surface area contributed by atoms with Crippen molar-refractivity contribution in [1.82, 2.24) is 0 Å². The highest BCUT2D eigenvalue weighted by Gasteiger charge is 1.92. The average molecular weight is 262 g/mol. The topological polar surface area (TPSA) is 0 Å². The van der Waals surface area contributed by atoms with E-state index in [1.165, 1.54) is 11.7 Å². The van der Waals surface area contributed by atoms with E-state index >= 15 is 0 Å². The summed E-state index contributed by atoms with van der Waals surface area (Å²) in [6, 6.07) is 15.5. The van der Waals surface area contributed by atoms with E-state index in [9.17, 15) is 4.39 Å². The van der Waals surface area contributed by atoms with E-state index in [2.05, 4.69) is 36.8 Å². The second kappa shape index (κ2) is 7.17. The molecule has 0 aliphatic heterocycles. The molecule has 0 spiro atoms. The third-order valence-electron chi connectivity index (χ3n) is 2.92. The third-order valence-corrected chi connectivity index (χ3v) is 2.92. The molecule has 98 valence electrons. The minimum Gasteiger partial charge on any atom is -0.144 e. The molecule has 0 bridgehead atoms. The van der Waals surface area contributed by atoms with Crippen molar-refractivity contribution < 1.29 is 4.39 Å². The summed E-state index contributed by atoms with van der Waals surface area (Å²) in [7, 11) is 0. The molecule has 2 aromatic carbocycles. The Balaban J connectivity index is 2.10. The van der Waals surface area contributed by atoms with Gasteiger partial charge in [-0.3, -0.25) is 0 Å². The van der Waals surface area contributed by atoms with Gasteiger partial charge in [-0.1, -0.05) is 37.3 Å². The second-order valence-electron chi connectivity index (χ2n) is 4.49. The van der Waals surface area contributed by atoms with Gasteiger partial charge >= 0.3 is 0 Å². The Hall–Kier alpha value is -2.51. The largest absolute Gasteiger partial charge is 0.144 e. The summed E-state index contributed by atoms with van der Waals surface area (Å²) >= 11 is 0. The van der Waals surface area contributed by atoms with E-state index in [1.807, 2.05) is 24.3 Å². The fourth-order valence-corrected chi connectivity index (χ4v) is 1.88. The minimum atomic E-state index is 0.655. The Morgan fingerprint density at radius 3 is 1.65 bits per heavy atom. The van der Waals surface area contributed by atoms with E-state index in [0.717, 1.165) is 24.0 Å². The van der Waals surface area contributed by atoms with Crippen LogP contribution in [0.1, 0.15) is 35.6 Å². The zero-order valence-electron chi connectivity index (χ0n) is 11.4. The van der Waals surface area contributed by atoms with Crippen LogP contribution in [0.4, 0.5) is 4.39 Å². The summed E-state index contributed by atoms with van der Waals surface area (Å²) in [6.45, 7) is 2.17. The van der Waals surface area contributed by atoms with Crippen molar-refractivity contribution in [3.05, 3.63) is 70.8 Å². The lowest BCUT2D eigenvalue weighted by atomic mass is 10.1. The average Bonchev–Trinajstić information content (AvgIpc) is 2.49. The molecule has 20 heavy (non-hydrogen) atoms. The second-order valence-corrected chi connectivity index (χ2v) is 4.49. The molecule has 0 atom stereocenters. The van der Waals surface area contributed by atoms with Gasteiger partial charge in [0.05, 0.1) is 0 Å². The van der Waals surface area contributed by atoms with Crippen molar-refractivity contribution in [2.75, 3.05) is 0 Å². The van der Waals surface area contributed by atoms with Crippen LogP contribution in [0.5, 0.6) is 0 Å². The Morgan fingerprint density at radius 1 is 0.750 bits per heavy atom. The summed E-state index contributed by atoms with van der Waals surface area (Å²) in [5.74, 6) is 8.57. The summed E-state index contributed by atoms with van der Waals surface area (Å²) in [5.41, 5.74) is 3.89. The van der Waals surface area contributed by atoms with Crippen molar-refractivity contribution in [1.29, 1.82) is 0 Å². The lowest BCUT2D eigenvalue weighted by Crippen LogP contribution is -1.83. The molecule has 0 heterocycles. The molecular weight excluding hydrogens is 247 g/mol. The maximum atomic E-state index is 11.8. The first-order valence-electron chi connectivity index (χ1n) is 6.64. The summed E-state index contributed by atoms with van der Waals surface area (Å²) in [5, 5.41) is 0. The number of halogens is 1. The highest BCUT2D eigenvalue weighted by molar-refractivity contribution is 5.45. The smallest absolute Gasteiger partial charge is 0.111 e. The molecule has 0 aromatic heterocycles. The van der Waals surface area contributed by atoms with Crippen LogP contribution in [-0.4, -0.2) is 0 Å². The van der Waals surface area contributed by atoms with E-state index in [-0.39, 0.29) is 0 Å².